The highest BCUT2D eigenvalue weighted by molar-refractivity contribution is 5.91. The normalized spacial score (nSPS) is 11.8. The molecule has 0 aliphatic heterocycles. The third-order valence-corrected chi connectivity index (χ3v) is 3.71. The standard InChI is InChI=1S/C17H19N7O/c1-3-16-21-22-23-24(16)15-10-5-4-9-14(15)20-17(25)19-12(2)13-8-6-7-11-18-13/h4-12H,3H2,1-2H3,(H2,19,20,25)/t12-/m1/s1. The second-order valence-electron chi connectivity index (χ2n) is 5.45. The lowest BCUT2D eigenvalue weighted by Crippen LogP contribution is -2.32. The van der Waals surface area contributed by atoms with Gasteiger partial charge in [0.05, 0.1) is 23.1 Å². The van der Waals surface area contributed by atoms with Gasteiger partial charge in [-0.3, -0.25) is 4.98 Å². The summed E-state index contributed by atoms with van der Waals surface area (Å²) in [6.07, 6.45) is 2.38. The van der Waals surface area contributed by atoms with Crippen LogP contribution in [0.25, 0.3) is 5.69 Å². The third kappa shape index (κ3) is 3.79. The van der Waals surface area contributed by atoms with Crippen molar-refractivity contribution in [2.24, 2.45) is 0 Å². The van der Waals surface area contributed by atoms with Crippen LogP contribution in [-0.4, -0.2) is 31.2 Å². The fourth-order valence-corrected chi connectivity index (χ4v) is 2.44. The van der Waals surface area contributed by atoms with Crippen LogP contribution in [0.5, 0.6) is 0 Å². The Labute approximate surface area is 145 Å². The van der Waals surface area contributed by atoms with Crippen molar-refractivity contribution in [3.63, 3.8) is 0 Å². The average molecular weight is 337 g/mol. The first-order valence-corrected chi connectivity index (χ1v) is 8.04. The quantitative estimate of drug-likeness (QED) is 0.745. The van der Waals surface area contributed by atoms with Gasteiger partial charge in [-0.15, -0.1) is 5.10 Å². The van der Waals surface area contributed by atoms with E-state index in [1.54, 1.807) is 10.9 Å². The zero-order chi connectivity index (χ0) is 17.6. The number of nitrogens with one attached hydrogen (secondary N) is 2. The van der Waals surface area contributed by atoms with Crippen LogP contribution in [0.1, 0.15) is 31.4 Å². The lowest BCUT2D eigenvalue weighted by Gasteiger charge is -2.16. The lowest BCUT2D eigenvalue weighted by atomic mass is 10.2. The Balaban J connectivity index is 1.76. The van der Waals surface area contributed by atoms with E-state index in [1.165, 1.54) is 0 Å². The van der Waals surface area contributed by atoms with Crippen molar-refractivity contribution in [2.45, 2.75) is 26.3 Å². The largest absolute Gasteiger partial charge is 0.330 e. The average Bonchev–Trinajstić information content (AvgIpc) is 3.11. The van der Waals surface area contributed by atoms with E-state index >= 15 is 0 Å². The van der Waals surface area contributed by atoms with Crippen LogP contribution in [0.4, 0.5) is 10.5 Å². The Kier molecular flexibility index (Phi) is 4.98. The predicted octanol–water partition coefficient (Wildman–Crippen LogP) is 2.50. The highest BCUT2D eigenvalue weighted by Crippen LogP contribution is 2.20. The number of rotatable bonds is 5. The summed E-state index contributed by atoms with van der Waals surface area (Å²) < 4.78 is 1.62. The molecule has 25 heavy (non-hydrogen) atoms. The molecule has 0 aliphatic rings. The van der Waals surface area contributed by atoms with Gasteiger partial charge >= 0.3 is 6.03 Å². The fourth-order valence-electron chi connectivity index (χ4n) is 2.44. The van der Waals surface area contributed by atoms with E-state index in [-0.39, 0.29) is 12.1 Å². The highest BCUT2D eigenvalue weighted by Gasteiger charge is 2.14. The number of urea groups is 1. The summed E-state index contributed by atoms with van der Waals surface area (Å²) >= 11 is 0. The number of aromatic nitrogens is 5. The van der Waals surface area contributed by atoms with Gasteiger partial charge in [0.15, 0.2) is 5.82 Å². The van der Waals surface area contributed by atoms with Crippen LogP contribution in [0.2, 0.25) is 0 Å². The molecule has 0 spiro atoms. The first kappa shape index (κ1) is 16.6. The summed E-state index contributed by atoms with van der Waals surface area (Å²) in [5, 5.41) is 17.4. The van der Waals surface area contributed by atoms with E-state index in [2.05, 4.69) is 31.1 Å². The van der Waals surface area contributed by atoms with Gasteiger partial charge in [0.2, 0.25) is 0 Å². The zero-order valence-corrected chi connectivity index (χ0v) is 14.0. The molecule has 0 fully saturated rings. The van der Waals surface area contributed by atoms with E-state index < -0.39 is 0 Å². The molecule has 2 aromatic heterocycles. The number of nitrogens with zero attached hydrogens (tertiary/aromatic N) is 5. The molecule has 8 heteroatoms. The summed E-state index contributed by atoms with van der Waals surface area (Å²) in [7, 11) is 0. The van der Waals surface area contributed by atoms with Crippen LogP contribution >= 0.6 is 0 Å². The molecule has 3 rings (SSSR count). The van der Waals surface area contributed by atoms with E-state index in [0.717, 1.165) is 11.5 Å². The molecule has 0 bridgehead atoms. The van der Waals surface area contributed by atoms with Crippen molar-refractivity contribution in [3.05, 3.63) is 60.2 Å². The Hall–Kier alpha value is -3.29. The van der Waals surface area contributed by atoms with Crippen molar-refractivity contribution in [2.75, 3.05) is 5.32 Å². The van der Waals surface area contributed by atoms with E-state index in [1.807, 2.05) is 56.3 Å². The Bertz CT molecular complexity index is 847. The summed E-state index contributed by atoms with van der Waals surface area (Å²) in [5.41, 5.74) is 2.12. The number of para-hydroxylation sites is 2. The molecule has 0 saturated carbocycles. The predicted molar refractivity (Wildman–Crippen MR) is 93.3 cm³/mol. The number of carbonyl (C=O) groups is 1. The Morgan fingerprint density at radius 1 is 1.20 bits per heavy atom. The molecular formula is C17H19N7O. The monoisotopic (exact) mass is 337 g/mol. The molecule has 0 radical (unpaired) electrons. The number of amides is 2. The minimum atomic E-state index is -0.322. The van der Waals surface area contributed by atoms with E-state index in [0.29, 0.717) is 17.8 Å². The molecule has 0 saturated heterocycles. The van der Waals surface area contributed by atoms with Crippen LogP contribution in [0, 0.1) is 0 Å². The van der Waals surface area contributed by atoms with Crippen molar-refractivity contribution in [3.8, 4) is 5.69 Å². The topological polar surface area (TPSA) is 97.6 Å². The first-order valence-electron chi connectivity index (χ1n) is 8.04. The number of benzene rings is 1. The molecule has 2 heterocycles. The summed E-state index contributed by atoms with van der Waals surface area (Å²) in [5.74, 6) is 0.719. The molecule has 3 aromatic rings. The SMILES string of the molecule is CCc1nnnn1-c1ccccc1NC(=O)N[C@H](C)c1ccccn1. The molecule has 8 nitrogen and oxygen atoms in total. The van der Waals surface area contributed by atoms with E-state index in [9.17, 15) is 4.79 Å². The van der Waals surface area contributed by atoms with Crippen LogP contribution in [-0.2, 0) is 6.42 Å². The van der Waals surface area contributed by atoms with Gasteiger partial charge in [-0.25, -0.2) is 4.79 Å². The van der Waals surface area contributed by atoms with Gasteiger partial charge in [-0.2, -0.15) is 4.68 Å². The van der Waals surface area contributed by atoms with Crippen LogP contribution in [0.15, 0.2) is 48.7 Å². The maximum atomic E-state index is 12.4. The number of hydrogen-bond donors (Lipinski definition) is 2. The smallest absolute Gasteiger partial charge is 0.319 e. The van der Waals surface area contributed by atoms with Gasteiger partial charge < -0.3 is 10.6 Å². The number of aryl methyl sites for hydroxylation is 1. The fraction of sp³-hybridized carbons (Fsp3) is 0.235. The zero-order valence-electron chi connectivity index (χ0n) is 14.0. The van der Waals surface area contributed by atoms with Crippen molar-refractivity contribution in [1.82, 2.24) is 30.5 Å². The maximum Gasteiger partial charge on any atom is 0.319 e. The molecule has 2 amide bonds. The first-order chi connectivity index (χ1) is 12.2. The molecule has 0 unspecified atom stereocenters. The minimum Gasteiger partial charge on any atom is -0.330 e. The minimum absolute atomic E-state index is 0.215. The van der Waals surface area contributed by atoms with Gasteiger partial charge in [0.1, 0.15) is 0 Å². The van der Waals surface area contributed by atoms with E-state index in [4.69, 9.17) is 0 Å². The van der Waals surface area contributed by atoms with Crippen molar-refractivity contribution < 1.29 is 4.79 Å². The highest BCUT2D eigenvalue weighted by atomic mass is 16.2. The second-order valence-corrected chi connectivity index (χ2v) is 5.45. The van der Waals surface area contributed by atoms with Gasteiger partial charge in [0.25, 0.3) is 0 Å². The Morgan fingerprint density at radius 2 is 2.00 bits per heavy atom. The lowest BCUT2D eigenvalue weighted by molar-refractivity contribution is 0.249. The van der Waals surface area contributed by atoms with Crippen LogP contribution in [0.3, 0.4) is 0 Å². The summed E-state index contributed by atoms with van der Waals surface area (Å²) in [6, 6.07) is 12.4. The molecular weight excluding hydrogens is 318 g/mol. The number of pyridine rings is 1. The summed E-state index contributed by atoms with van der Waals surface area (Å²) in [4.78, 5) is 16.6. The molecule has 1 aromatic carbocycles. The number of tetrazole rings is 1. The summed E-state index contributed by atoms with van der Waals surface area (Å²) in [6.45, 7) is 3.85. The van der Waals surface area contributed by atoms with Gasteiger partial charge in [0, 0.05) is 12.6 Å². The number of carbonyl (C=O) groups excluding carboxylic acids is 1. The molecule has 2 N–H and O–H groups in total. The second kappa shape index (κ2) is 7.52. The van der Waals surface area contributed by atoms with Gasteiger partial charge in [-0.05, 0) is 41.6 Å². The van der Waals surface area contributed by atoms with Crippen LogP contribution < -0.4 is 10.6 Å². The van der Waals surface area contributed by atoms with Gasteiger partial charge in [-0.1, -0.05) is 25.1 Å². The molecule has 0 aliphatic carbocycles. The third-order valence-electron chi connectivity index (χ3n) is 3.71. The number of anilines is 1. The molecule has 128 valence electrons. The van der Waals surface area contributed by atoms with Crippen molar-refractivity contribution in [1.29, 1.82) is 0 Å². The maximum absolute atomic E-state index is 12.4. The number of hydrogen-bond acceptors (Lipinski definition) is 5. The Morgan fingerprint density at radius 3 is 2.76 bits per heavy atom. The molecule has 1 atom stereocenters. The van der Waals surface area contributed by atoms with Crippen molar-refractivity contribution >= 4 is 11.7 Å².